The van der Waals surface area contributed by atoms with Gasteiger partial charge in [-0.1, -0.05) is 19.1 Å². The van der Waals surface area contributed by atoms with Crippen molar-refractivity contribution in [3.63, 3.8) is 0 Å². The molecule has 3 aromatic rings. The predicted octanol–water partition coefficient (Wildman–Crippen LogP) is 5.14. The molecule has 1 heterocycles. The molecule has 0 saturated heterocycles. The summed E-state index contributed by atoms with van der Waals surface area (Å²) in [6.45, 7) is 2.15. The largest absolute Gasteiger partial charge is 0.489 e. The third-order valence-electron chi connectivity index (χ3n) is 3.43. The van der Waals surface area contributed by atoms with Crippen molar-refractivity contribution in [2.75, 3.05) is 6.61 Å². The molecule has 1 aromatic heterocycles. The highest BCUT2D eigenvalue weighted by atomic mass is 19.1. The van der Waals surface area contributed by atoms with Crippen LogP contribution in [-0.4, -0.2) is 11.6 Å². The SMILES string of the molecule is CC/C(=C\F)COc1ccc(-c2nc3ccccc3o2)cc1. The summed E-state index contributed by atoms with van der Waals surface area (Å²) >= 11 is 0. The summed E-state index contributed by atoms with van der Waals surface area (Å²) in [5.74, 6) is 1.26. The Morgan fingerprint density at radius 1 is 1.18 bits per heavy atom. The van der Waals surface area contributed by atoms with Crippen LogP contribution in [0, 0.1) is 0 Å². The quantitative estimate of drug-likeness (QED) is 0.654. The van der Waals surface area contributed by atoms with E-state index in [1.165, 1.54) is 0 Å². The highest BCUT2D eigenvalue weighted by molar-refractivity contribution is 5.76. The molecule has 0 saturated carbocycles. The Kier molecular flexibility index (Phi) is 4.19. The van der Waals surface area contributed by atoms with Crippen LogP contribution in [0.15, 0.2) is 64.9 Å². The van der Waals surface area contributed by atoms with Gasteiger partial charge in [-0.25, -0.2) is 9.37 Å². The highest BCUT2D eigenvalue weighted by Gasteiger charge is 2.07. The van der Waals surface area contributed by atoms with Crippen molar-refractivity contribution in [2.45, 2.75) is 13.3 Å². The lowest BCUT2D eigenvalue weighted by atomic mass is 10.2. The van der Waals surface area contributed by atoms with Gasteiger partial charge in [0, 0.05) is 5.56 Å². The molecule has 0 N–H and O–H groups in total. The van der Waals surface area contributed by atoms with E-state index in [0.29, 0.717) is 30.0 Å². The average molecular weight is 297 g/mol. The summed E-state index contributed by atoms with van der Waals surface area (Å²) in [5, 5.41) is 0. The first-order valence-corrected chi connectivity index (χ1v) is 7.17. The molecule has 3 rings (SSSR count). The molecule has 0 bridgehead atoms. The van der Waals surface area contributed by atoms with Crippen LogP contribution >= 0.6 is 0 Å². The van der Waals surface area contributed by atoms with Gasteiger partial charge in [0.05, 0.1) is 6.33 Å². The van der Waals surface area contributed by atoms with Gasteiger partial charge in [0.25, 0.3) is 0 Å². The van der Waals surface area contributed by atoms with Crippen molar-refractivity contribution in [3.8, 4) is 17.2 Å². The molecule has 0 aliphatic carbocycles. The zero-order chi connectivity index (χ0) is 15.4. The first-order chi connectivity index (χ1) is 10.8. The van der Waals surface area contributed by atoms with E-state index in [9.17, 15) is 4.39 Å². The Bertz CT molecular complexity index is 757. The van der Waals surface area contributed by atoms with Crippen LogP contribution in [0.4, 0.5) is 4.39 Å². The van der Waals surface area contributed by atoms with E-state index < -0.39 is 0 Å². The van der Waals surface area contributed by atoms with E-state index in [1.54, 1.807) is 0 Å². The van der Waals surface area contributed by atoms with Crippen LogP contribution in [0.1, 0.15) is 13.3 Å². The minimum absolute atomic E-state index is 0.259. The van der Waals surface area contributed by atoms with Crippen molar-refractivity contribution in [2.24, 2.45) is 0 Å². The number of nitrogens with zero attached hydrogens (tertiary/aromatic N) is 1. The van der Waals surface area contributed by atoms with Crippen molar-refractivity contribution in [1.82, 2.24) is 4.98 Å². The Hall–Kier alpha value is -2.62. The number of ether oxygens (including phenoxy) is 1. The maximum Gasteiger partial charge on any atom is 0.227 e. The van der Waals surface area contributed by atoms with Crippen LogP contribution < -0.4 is 4.74 Å². The van der Waals surface area contributed by atoms with Crippen LogP contribution in [0.25, 0.3) is 22.6 Å². The van der Waals surface area contributed by atoms with Gasteiger partial charge in [-0.2, -0.15) is 0 Å². The molecule has 0 unspecified atom stereocenters. The van der Waals surface area contributed by atoms with Crippen LogP contribution in [0.5, 0.6) is 5.75 Å². The van der Waals surface area contributed by atoms with E-state index in [-0.39, 0.29) is 6.61 Å². The van der Waals surface area contributed by atoms with Gasteiger partial charge in [0.1, 0.15) is 17.9 Å². The van der Waals surface area contributed by atoms with Gasteiger partial charge in [0.15, 0.2) is 5.58 Å². The Balaban J connectivity index is 1.76. The number of hydrogen-bond donors (Lipinski definition) is 0. The molecule has 112 valence electrons. The molecule has 0 spiro atoms. The Morgan fingerprint density at radius 2 is 1.95 bits per heavy atom. The molecule has 0 amide bonds. The van der Waals surface area contributed by atoms with Crippen molar-refractivity contribution in [1.29, 1.82) is 0 Å². The first-order valence-electron chi connectivity index (χ1n) is 7.17. The summed E-state index contributed by atoms with van der Waals surface area (Å²) in [5.41, 5.74) is 3.10. The zero-order valence-corrected chi connectivity index (χ0v) is 12.3. The summed E-state index contributed by atoms with van der Waals surface area (Å²) in [4.78, 5) is 4.45. The molecule has 0 radical (unpaired) electrons. The molecule has 0 aliphatic heterocycles. The average Bonchev–Trinajstić information content (AvgIpc) is 3.00. The molecule has 4 heteroatoms. The highest BCUT2D eigenvalue weighted by Crippen LogP contribution is 2.25. The topological polar surface area (TPSA) is 35.3 Å². The van der Waals surface area contributed by atoms with Crippen molar-refractivity contribution >= 4 is 11.1 Å². The standard InChI is InChI=1S/C18H16FNO2/c1-2-13(11-19)12-21-15-9-7-14(8-10-15)18-20-16-5-3-4-6-17(16)22-18/h3-11H,2,12H2,1H3/b13-11+. The van der Waals surface area contributed by atoms with E-state index in [0.717, 1.165) is 16.7 Å². The number of benzene rings is 2. The van der Waals surface area contributed by atoms with E-state index in [4.69, 9.17) is 9.15 Å². The van der Waals surface area contributed by atoms with E-state index in [2.05, 4.69) is 4.98 Å². The first kappa shape index (κ1) is 14.3. The third kappa shape index (κ3) is 3.01. The fourth-order valence-electron chi connectivity index (χ4n) is 2.08. The predicted molar refractivity (Wildman–Crippen MR) is 84.4 cm³/mol. The smallest absolute Gasteiger partial charge is 0.227 e. The van der Waals surface area contributed by atoms with Crippen molar-refractivity contribution < 1.29 is 13.5 Å². The summed E-state index contributed by atoms with van der Waals surface area (Å²) in [6, 6.07) is 15.1. The number of para-hydroxylation sites is 2. The second kappa shape index (κ2) is 6.43. The minimum Gasteiger partial charge on any atom is -0.489 e. The number of hydrogen-bond acceptors (Lipinski definition) is 3. The molecule has 22 heavy (non-hydrogen) atoms. The lowest BCUT2D eigenvalue weighted by molar-refractivity contribution is 0.345. The molecule has 0 fully saturated rings. The molecule has 2 aromatic carbocycles. The molecule has 0 atom stereocenters. The lowest BCUT2D eigenvalue weighted by Crippen LogP contribution is -1.99. The zero-order valence-electron chi connectivity index (χ0n) is 12.3. The van der Waals surface area contributed by atoms with E-state index in [1.807, 2.05) is 55.5 Å². The molecular weight excluding hydrogens is 281 g/mol. The van der Waals surface area contributed by atoms with Gasteiger partial charge >= 0.3 is 0 Å². The number of rotatable bonds is 5. The third-order valence-corrected chi connectivity index (χ3v) is 3.43. The van der Waals surface area contributed by atoms with Gasteiger partial charge in [-0.15, -0.1) is 0 Å². The molecular formula is C18H16FNO2. The fraction of sp³-hybridized carbons (Fsp3) is 0.167. The van der Waals surface area contributed by atoms with Crippen LogP contribution in [0.2, 0.25) is 0 Å². The van der Waals surface area contributed by atoms with Gasteiger partial charge in [0.2, 0.25) is 5.89 Å². The normalized spacial score (nSPS) is 11.8. The van der Waals surface area contributed by atoms with E-state index >= 15 is 0 Å². The number of aromatic nitrogens is 1. The number of fused-ring (bicyclic) bond motifs is 1. The van der Waals surface area contributed by atoms with Gasteiger partial charge < -0.3 is 9.15 Å². The monoisotopic (exact) mass is 297 g/mol. The van der Waals surface area contributed by atoms with Crippen molar-refractivity contribution in [3.05, 3.63) is 60.4 Å². The minimum atomic E-state index is 0.259. The van der Waals surface area contributed by atoms with Gasteiger partial charge in [-0.05, 0) is 48.4 Å². The fourth-order valence-corrected chi connectivity index (χ4v) is 2.08. The van der Waals surface area contributed by atoms with Crippen LogP contribution in [-0.2, 0) is 0 Å². The summed E-state index contributed by atoms with van der Waals surface area (Å²) in [6.07, 6.45) is 1.24. The Morgan fingerprint density at radius 3 is 2.64 bits per heavy atom. The molecule has 0 aliphatic rings. The molecule has 3 nitrogen and oxygen atoms in total. The van der Waals surface area contributed by atoms with Crippen LogP contribution in [0.3, 0.4) is 0 Å². The number of halogens is 1. The maximum absolute atomic E-state index is 12.5. The maximum atomic E-state index is 12.5. The second-order valence-corrected chi connectivity index (χ2v) is 4.92. The summed E-state index contributed by atoms with van der Waals surface area (Å²) < 4.78 is 23.7. The second-order valence-electron chi connectivity index (χ2n) is 4.92. The number of oxazole rings is 1. The van der Waals surface area contributed by atoms with Gasteiger partial charge in [-0.3, -0.25) is 0 Å². The summed E-state index contributed by atoms with van der Waals surface area (Å²) in [7, 11) is 0. The Labute approximate surface area is 128 Å². The lowest BCUT2D eigenvalue weighted by Gasteiger charge is -2.07.